The van der Waals surface area contributed by atoms with Crippen molar-refractivity contribution >= 4 is 17.2 Å². The summed E-state index contributed by atoms with van der Waals surface area (Å²) in [5.41, 5.74) is 5.94. The highest BCUT2D eigenvalue weighted by Crippen LogP contribution is 2.25. The summed E-state index contributed by atoms with van der Waals surface area (Å²) in [5.74, 6) is -0.258. The molecule has 0 aliphatic rings. The second-order valence-corrected chi connectivity index (χ2v) is 7.21. The van der Waals surface area contributed by atoms with Crippen LogP contribution in [0.25, 0.3) is 28.2 Å². The Hall–Kier alpha value is -4.77. The molecule has 1 N–H and O–H groups in total. The van der Waals surface area contributed by atoms with E-state index in [4.69, 9.17) is 5.26 Å². The highest BCUT2D eigenvalue weighted by molar-refractivity contribution is 6.04. The zero-order chi connectivity index (χ0) is 22.1. The van der Waals surface area contributed by atoms with Gasteiger partial charge in [0, 0.05) is 30.7 Å². The summed E-state index contributed by atoms with van der Waals surface area (Å²) < 4.78 is 1.86. The van der Waals surface area contributed by atoms with Crippen molar-refractivity contribution in [1.29, 1.82) is 5.26 Å². The number of H-pyrrole nitrogens is 1. The van der Waals surface area contributed by atoms with Crippen LogP contribution in [-0.2, 0) is 0 Å². The molecule has 2 aromatic carbocycles. The van der Waals surface area contributed by atoms with E-state index in [2.05, 4.69) is 26.2 Å². The highest BCUT2D eigenvalue weighted by atomic mass is 16.2. The molecule has 0 fully saturated rings. The molecule has 0 saturated heterocycles. The molecule has 0 saturated carbocycles. The summed E-state index contributed by atoms with van der Waals surface area (Å²) in [5, 5.41) is 15.9. The normalized spacial score (nSPS) is 10.8. The van der Waals surface area contributed by atoms with Gasteiger partial charge in [-0.25, -0.2) is 9.97 Å². The number of fused-ring (bicyclic) bond motifs is 1. The molecule has 0 atom stereocenters. The fourth-order valence-electron chi connectivity index (χ4n) is 3.50. The second kappa shape index (κ2) is 7.81. The zero-order valence-electron chi connectivity index (χ0n) is 17.1. The smallest absolute Gasteiger partial charge is 0.278 e. The lowest BCUT2D eigenvalue weighted by Crippen LogP contribution is -2.27. The van der Waals surface area contributed by atoms with Crippen molar-refractivity contribution < 1.29 is 4.79 Å². The summed E-state index contributed by atoms with van der Waals surface area (Å²) in [6.45, 7) is 0. The number of imidazole rings is 1. The predicted octanol–water partition coefficient (Wildman–Crippen LogP) is 3.93. The number of carbonyl (C=O) groups is 1. The Morgan fingerprint density at radius 1 is 1.00 bits per heavy atom. The number of rotatable bonds is 4. The molecule has 8 nitrogen and oxygen atoms in total. The minimum Gasteiger partial charge on any atom is -0.310 e. The molecule has 0 aliphatic heterocycles. The fourth-order valence-corrected chi connectivity index (χ4v) is 3.50. The first-order valence-electron chi connectivity index (χ1n) is 9.85. The maximum Gasteiger partial charge on any atom is 0.278 e. The van der Waals surface area contributed by atoms with Gasteiger partial charge in [0.05, 0.1) is 35.4 Å². The Morgan fingerprint density at radius 3 is 2.44 bits per heavy atom. The van der Waals surface area contributed by atoms with Gasteiger partial charge in [-0.2, -0.15) is 10.4 Å². The lowest BCUT2D eigenvalue weighted by Gasteiger charge is -2.17. The molecular formula is C24H17N7O. The van der Waals surface area contributed by atoms with Gasteiger partial charge in [-0.05, 0) is 35.9 Å². The minimum absolute atomic E-state index is 0.258. The van der Waals surface area contributed by atoms with Crippen molar-refractivity contribution in [2.45, 2.75) is 0 Å². The lowest BCUT2D eigenvalue weighted by molar-refractivity contribution is 0.0988. The Balaban J connectivity index is 1.47. The van der Waals surface area contributed by atoms with E-state index in [9.17, 15) is 4.79 Å². The van der Waals surface area contributed by atoms with Crippen molar-refractivity contribution in [1.82, 2.24) is 24.6 Å². The van der Waals surface area contributed by atoms with Crippen LogP contribution in [0, 0.1) is 11.3 Å². The minimum atomic E-state index is -0.258. The number of amides is 1. The van der Waals surface area contributed by atoms with E-state index in [0.29, 0.717) is 16.9 Å². The Morgan fingerprint density at radius 2 is 1.75 bits per heavy atom. The van der Waals surface area contributed by atoms with Crippen molar-refractivity contribution in [3.8, 4) is 28.6 Å². The molecular weight excluding hydrogens is 402 g/mol. The summed E-state index contributed by atoms with van der Waals surface area (Å²) in [6.07, 6.45) is 6.76. The van der Waals surface area contributed by atoms with Crippen LogP contribution in [0.5, 0.6) is 0 Å². The third-order valence-corrected chi connectivity index (χ3v) is 5.30. The summed E-state index contributed by atoms with van der Waals surface area (Å²) in [6, 6.07) is 18.8. The van der Waals surface area contributed by atoms with Gasteiger partial charge in [-0.15, -0.1) is 0 Å². The number of nitrogens with one attached hydrogen (secondary N) is 1. The topological polar surface area (TPSA) is 103 Å². The largest absolute Gasteiger partial charge is 0.310 e. The van der Waals surface area contributed by atoms with Gasteiger partial charge in [-0.3, -0.25) is 14.3 Å². The molecule has 32 heavy (non-hydrogen) atoms. The number of anilines is 1. The molecule has 0 radical (unpaired) electrons. The number of nitriles is 1. The first-order valence-corrected chi connectivity index (χ1v) is 9.85. The van der Waals surface area contributed by atoms with Crippen molar-refractivity contribution in [2.24, 2.45) is 0 Å². The number of hydrogen-bond donors (Lipinski definition) is 1. The van der Waals surface area contributed by atoms with Crippen molar-refractivity contribution in [3.63, 3.8) is 0 Å². The van der Waals surface area contributed by atoms with Gasteiger partial charge >= 0.3 is 0 Å². The average molecular weight is 419 g/mol. The number of aromatic amines is 1. The van der Waals surface area contributed by atoms with Crippen LogP contribution in [0.4, 0.5) is 5.69 Å². The van der Waals surface area contributed by atoms with Gasteiger partial charge in [0.2, 0.25) is 0 Å². The van der Waals surface area contributed by atoms with E-state index in [1.807, 2.05) is 34.7 Å². The van der Waals surface area contributed by atoms with Crippen LogP contribution in [0.2, 0.25) is 0 Å². The average Bonchev–Trinajstić information content (AvgIpc) is 3.53. The quantitative estimate of drug-likeness (QED) is 0.475. The van der Waals surface area contributed by atoms with Gasteiger partial charge in [-0.1, -0.05) is 24.3 Å². The first kappa shape index (κ1) is 19.2. The van der Waals surface area contributed by atoms with Crippen molar-refractivity contribution in [3.05, 3.63) is 90.6 Å². The lowest BCUT2D eigenvalue weighted by atomic mass is 10.1. The molecule has 5 rings (SSSR count). The predicted molar refractivity (Wildman–Crippen MR) is 120 cm³/mol. The molecule has 0 spiro atoms. The maximum atomic E-state index is 13.0. The number of hydrogen-bond acceptors (Lipinski definition) is 5. The zero-order valence-corrected chi connectivity index (χ0v) is 17.1. The number of benzene rings is 2. The van der Waals surface area contributed by atoms with Crippen molar-refractivity contribution in [2.75, 3.05) is 11.9 Å². The maximum absolute atomic E-state index is 13.0. The van der Waals surface area contributed by atoms with Crippen LogP contribution < -0.4 is 4.90 Å². The van der Waals surface area contributed by atoms with Crippen LogP contribution in [-0.4, -0.2) is 37.5 Å². The molecule has 8 heteroatoms. The van der Waals surface area contributed by atoms with Gasteiger partial charge in [0.25, 0.3) is 5.91 Å². The molecule has 0 unspecified atom stereocenters. The summed E-state index contributed by atoms with van der Waals surface area (Å²) >= 11 is 0. The third kappa shape index (κ3) is 3.38. The summed E-state index contributed by atoms with van der Waals surface area (Å²) in [4.78, 5) is 23.3. The fraction of sp³-hybridized carbons (Fsp3) is 0.0417. The standard InChI is InChI=1S/C24H17N7O/c1-30(19-8-2-16(12-25)3-9-19)24(32)21-15-31-22(13-27-23(31)14-26-21)18-6-4-17(5-7-18)20-10-11-28-29-20/h2-11,13-15H,1H3,(H,28,29). The van der Waals surface area contributed by atoms with Crippen LogP contribution in [0.15, 0.2) is 79.4 Å². The van der Waals surface area contributed by atoms with E-state index >= 15 is 0 Å². The first-order chi connectivity index (χ1) is 15.6. The Kier molecular flexibility index (Phi) is 4.69. The van der Waals surface area contributed by atoms with E-state index in [-0.39, 0.29) is 11.6 Å². The molecule has 0 aliphatic carbocycles. The van der Waals surface area contributed by atoms with Gasteiger partial charge in [0.1, 0.15) is 5.69 Å². The number of nitrogens with zero attached hydrogens (tertiary/aromatic N) is 6. The number of aromatic nitrogens is 5. The van der Waals surface area contributed by atoms with Gasteiger partial charge in [0.15, 0.2) is 5.65 Å². The van der Waals surface area contributed by atoms with E-state index in [1.165, 1.54) is 4.90 Å². The monoisotopic (exact) mass is 419 g/mol. The van der Waals surface area contributed by atoms with Crippen LogP contribution >= 0.6 is 0 Å². The molecule has 0 bridgehead atoms. The van der Waals surface area contributed by atoms with E-state index in [1.54, 1.807) is 56.1 Å². The highest BCUT2D eigenvalue weighted by Gasteiger charge is 2.17. The number of carbonyl (C=O) groups excluding carboxylic acids is 1. The molecule has 1 amide bonds. The summed E-state index contributed by atoms with van der Waals surface area (Å²) in [7, 11) is 1.68. The van der Waals surface area contributed by atoms with E-state index < -0.39 is 0 Å². The van der Waals surface area contributed by atoms with Crippen LogP contribution in [0.3, 0.4) is 0 Å². The SMILES string of the molecule is CN(C(=O)c1cn2c(-c3ccc(-c4ccn[nH]4)cc3)cnc2cn1)c1ccc(C#N)cc1. The Bertz CT molecular complexity index is 1440. The third-order valence-electron chi connectivity index (χ3n) is 5.30. The van der Waals surface area contributed by atoms with Gasteiger partial charge < -0.3 is 4.90 Å². The molecule has 5 aromatic rings. The Labute approximate surface area is 183 Å². The van der Waals surface area contributed by atoms with E-state index in [0.717, 1.165) is 22.5 Å². The molecule has 154 valence electrons. The second-order valence-electron chi connectivity index (χ2n) is 7.21. The molecule has 3 aromatic heterocycles. The van der Waals surface area contributed by atoms with Crippen LogP contribution in [0.1, 0.15) is 16.1 Å². The molecule has 3 heterocycles.